The van der Waals surface area contributed by atoms with E-state index in [2.05, 4.69) is 194 Å². The maximum atomic E-state index is 2.35. The normalized spacial score (nSPS) is 11.8. The van der Waals surface area contributed by atoms with E-state index in [9.17, 15) is 0 Å². The zero-order valence-corrected chi connectivity index (χ0v) is 28.5. The molecule has 0 fully saturated rings. The Balaban J connectivity index is 1.42. The van der Waals surface area contributed by atoms with Gasteiger partial charge in [0.25, 0.3) is 0 Å². The largest absolute Gasteiger partial charge is 0.0810 e. The first-order valence-electron chi connectivity index (χ1n) is 18.1. The predicted octanol–water partition coefficient (Wildman–Crippen LogP) is 14.8. The molecule has 0 heterocycles. The van der Waals surface area contributed by atoms with Crippen LogP contribution in [0, 0.1) is 0 Å². The summed E-state index contributed by atoms with van der Waals surface area (Å²) in [6.07, 6.45) is 0. The van der Waals surface area contributed by atoms with E-state index in [0.29, 0.717) is 0 Å². The van der Waals surface area contributed by atoms with Gasteiger partial charge in [0.15, 0.2) is 0 Å². The molecule has 0 atom stereocenters. The summed E-state index contributed by atoms with van der Waals surface area (Å²) in [5.74, 6) is 0. The smallest absolute Gasteiger partial charge is 0.0611 e. The van der Waals surface area contributed by atoms with E-state index < -0.39 is 0 Å². The molecule has 0 aliphatic carbocycles. The van der Waals surface area contributed by atoms with E-state index in [1.54, 1.807) is 0 Å². The molecule has 0 spiro atoms. The summed E-state index contributed by atoms with van der Waals surface area (Å²) < 4.78 is 0. The van der Waals surface area contributed by atoms with Gasteiger partial charge in [-0.1, -0.05) is 72.8 Å². The summed E-state index contributed by atoms with van der Waals surface area (Å²) in [6, 6.07) is 72.0. The van der Waals surface area contributed by atoms with Gasteiger partial charge in [-0.25, -0.2) is 0 Å². The molecular formula is C52H32+2. The highest BCUT2D eigenvalue weighted by Gasteiger charge is 2.29. The molecule has 11 aromatic carbocycles. The molecule has 0 radical (unpaired) electrons. The highest BCUT2D eigenvalue weighted by Crippen LogP contribution is 2.51. The molecule has 0 nitrogen and oxygen atoms in total. The van der Waals surface area contributed by atoms with Crippen molar-refractivity contribution in [1.82, 2.24) is 0 Å². The lowest BCUT2D eigenvalue weighted by Gasteiger charge is -2.13. The standard InChI is InChI=1S/C52H32/c1-2-18-34-33(17-1)37-21-5-9-25-41(37)49(42-26-10-6-22-38(34)42)51-45-29-13-15-31-47(45)52(48-32-16-14-30-46(48)51)50-43-27-11-7-23-39(43)35-19-3-4-20-36(35)40-24-8-12-28-44(40)50/h1-32H/q+2. The van der Waals surface area contributed by atoms with Crippen LogP contribution < -0.4 is 0 Å². The Morgan fingerprint density at radius 1 is 0.173 bits per heavy atom. The fourth-order valence-corrected chi connectivity index (χ4v) is 9.15. The Bertz CT molecular complexity index is 2860. The summed E-state index contributed by atoms with van der Waals surface area (Å²) in [5.41, 5.74) is 5.12. The summed E-state index contributed by atoms with van der Waals surface area (Å²) in [5, 5.41) is 20.2. The molecule has 0 saturated carbocycles. The lowest BCUT2D eigenvalue weighted by molar-refractivity contribution is 1.73. The molecule has 0 bridgehead atoms. The van der Waals surface area contributed by atoms with E-state index in [1.807, 2.05) is 0 Å². The van der Waals surface area contributed by atoms with Crippen LogP contribution >= 0.6 is 0 Å². The van der Waals surface area contributed by atoms with Gasteiger partial charge in [0, 0.05) is 43.1 Å². The zero-order valence-electron chi connectivity index (χ0n) is 28.5. The van der Waals surface area contributed by atoms with Gasteiger partial charge in [0.05, 0.1) is 65.3 Å². The molecular weight excluding hydrogens is 625 g/mol. The van der Waals surface area contributed by atoms with Crippen molar-refractivity contribution < 1.29 is 0 Å². The first-order valence-corrected chi connectivity index (χ1v) is 18.1. The molecule has 52 heavy (non-hydrogen) atoms. The van der Waals surface area contributed by atoms with Gasteiger partial charge in [0.2, 0.25) is 0 Å². The average Bonchev–Trinajstić information content (AvgIpc) is 3.42. The Morgan fingerprint density at radius 2 is 0.346 bits per heavy atom. The number of hydrogen-bond acceptors (Lipinski definition) is 0. The van der Waals surface area contributed by atoms with Crippen LogP contribution in [0.4, 0.5) is 0 Å². The van der Waals surface area contributed by atoms with Crippen LogP contribution in [0.1, 0.15) is 0 Å². The molecule has 0 aliphatic heterocycles. The molecule has 0 aromatic heterocycles. The summed E-state index contributed by atoms with van der Waals surface area (Å²) >= 11 is 0. The molecule has 11 aromatic rings. The monoisotopic (exact) mass is 656 g/mol. The highest BCUT2D eigenvalue weighted by molar-refractivity contribution is 6.34. The molecule has 0 amide bonds. The van der Waals surface area contributed by atoms with Crippen molar-refractivity contribution in [3.8, 4) is 22.3 Å². The van der Waals surface area contributed by atoms with E-state index in [4.69, 9.17) is 0 Å². The minimum atomic E-state index is 1.26. The van der Waals surface area contributed by atoms with Crippen LogP contribution in [-0.4, -0.2) is 0 Å². The summed E-state index contributed by atoms with van der Waals surface area (Å²) in [6.45, 7) is 0. The second-order valence-corrected chi connectivity index (χ2v) is 13.9. The summed E-state index contributed by atoms with van der Waals surface area (Å²) in [4.78, 5) is 0. The Morgan fingerprint density at radius 3 is 0.577 bits per heavy atom. The molecule has 238 valence electrons. The lowest BCUT2D eigenvalue weighted by atomic mass is 9.83. The third kappa shape index (κ3) is 4.10. The maximum absolute atomic E-state index is 2.35. The number of fused-ring (bicyclic) bond motifs is 12. The van der Waals surface area contributed by atoms with Gasteiger partial charge in [-0.3, -0.25) is 0 Å². The fraction of sp³-hybridized carbons (Fsp3) is 0. The van der Waals surface area contributed by atoms with Gasteiger partial charge in [-0.15, -0.1) is 0 Å². The van der Waals surface area contributed by atoms with Crippen LogP contribution in [0.25, 0.3) is 108 Å². The average molecular weight is 657 g/mol. The molecule has 0 N–H and O–H groups in total. The van der Waals surface area contributed by atoms with E-state index in [-0.39, 0.29) is 0 Å². The fourth-order valence-electron chi connectivity index (χ4n) is 9.15. The highest BCUT2D eigenvalue weighted by atomic mass is 14.2. The lowest BCUT2D eigenvalue weighted by Crippen LogP contribution is -1.92. The number of hydrogen-bond donors (Lipinski definition) is 0. The van der Waals surface area contributed by atoms with Crippen LogP contribution in [0.5, 0.6) is 0 Å². The van der Waals surface area contributed by atoms with Crippen molar-refractivity contribution in [3.05, 3.63) is 194 Å². The van der Waals surface area contributed by atoms with Crippen molar-refractivity contribution in [2.24, 2.45) is 0 Å². The van der Waals surface area contributed by atoms with Crippen LogP contribution in [0.15, 0.2) is 194 Å². The van der Waals surface area contributed by atoms with E-state index >= 15 is 0 Å². The molecule has 0 saturated heterocycles. The first kappa shape index (κ1) is 29.0. The second-order valence-electron chi connectivity index (χ2n) is 13.9. The molecule has 0 unspecified atom stereocenters. The first-order chi connectivity index (χ1) is 25.9. The SMILES string of the molecule is c1ccc2c(-[c+]3c4ccccc4c4ccccc4c4ccccc43)c3ccccc3c(-[c+]3c4ccccc4c4ccccc4c4ccccc43)c2c1. The molecule has 0 aliphatic rings. The minimum Gasteiger partial charge on any atom is -0.0611 e. The van der Waals surface area contributed by atoms with Crippen molar-refractivity contribution in [2.45, 2.75) is 0 Å². The van der Waals surface area contributed by atoms with Gasteiger partial charge in [-0.05, 0) is 121 Å². The zero-order chi connectivity index (χ0) is 34.2. The quantitative estimate of drug-likeness (QED) is 0.128. The third-order valence-electron chi connectivity index (χ3n) is 11.2. The number of rotatable bonds is 2. The van der Waals surface area contributed by atoms with Crippen molar-refractivity contribution in [2.75, 3.05) is 0 Å². The Hall–Kier alpha value is -6.76. The van der Waals surface area contributed by atoms with Crippen molar-refractivity contribution in [3.63, 3.8) is 0 Å². The van der Waals surface area contributed by atoms with E-state index in [1.165, 1.54) is 108 Å². The van der Waals surface area contributed by atoms with Gasteiger partial charge >= 0.3 is 0 Å². The van der Waals surface area contributed by atoms with Crippen LogP contribution in [-0.2, 0) is 0 Å². The Labute approximate surface area is 301 Å². The van der Waals surface area contributed by atoms with Gasteiger partial charge in [-0.2, -0.15) is 0 Å². The minimum absolute atomic E-state index is 1.26. The third-order valence-corrected chi connectivity index (χ3v) is 11.2. The molecule has 11 rings (SSSR count). The Kier molecular flexibility index (Phi) is 6.35. The van der Waals surface area contributed by atoms with Crippen LogP contribution in [0.3, 0.4) is 0 Å². The predicted molar refractivity (Wildman–Crippen MR) is 226 cm³/mol. The van der Waals surface area contributed by atoms with Crippen molar-refractivity contribution in [1.29, 1.82) is 0 Å². The number of benzene rings is 9. The molecule has 0 heteroatoms. The topological polar surface area (TPSA) is 0 Å². The van der Waals surface area contributed by atoms with Gasteiger partial charge < -0.3 is 0 Å². The van der Waals surface area contributed by atoms with Crippen molar-refractivity contribution >= 4 is 86.2 Å². The van der Waals surface area contributed by atoms with Crippen LogP contribution in [0.2, 0.25) is 0 Å². The summed E-state index contributed by atoms with van der Waals surface area (Å²) in [7, 11) is 0. The maximum Gasteiger partial charge on any atom is 0.0810 e. The van der Waals surface area contributed by atoms with Gasteiger partial charge in [0.1, 0.15) is 0 Å². The van der Waals surface area contributed by atoms with E-state index in [0.717, 1.165) is 0 Å². The second kappa shape index (κ2) is 11.4.